The first-order valence-corrected chi connectivity index (χ1v) is 9.41. The highest BCUT2D eigenvalue weighted by Gasteiger charge is 2.14. The first kappa shape index (κ1) is 13.9. The van der Waals surface area contributed by atoms with Crippen LogP contribution in [-0.4, -0.2) is 19.6 Å². The van der Waals surface area contributed by atoms with Gasteiger partial charge in [0.25, 0.3) is 5.69 Å². The quantitative estimate of drug-likeness (QED) is 0.338. The van der Waals surface area contributed by atoms with Gasteiger partial charge in [-0.1, -0.05) is 31.8 Å². The third-order valence-electron chi connectivity index (χ3n) is 2.44. The van der Waals surface area contributed by atoms with Gasteiger partial charge in [-0.2, -0.15) is 0 Å². The predicted molar refractivity (Wildman–Crippen MR) is 70.9 cm³/mol. The summed E-state index contributed by atoms with van der Waals surface area (Å²) in [6.07, 6.45) is 0. The molecule has 94 valence electrons. The van der Waals surface area contributed by atoms with Crippen molar-refractivity contribution in [3.8, 4) is 0 Å². The molecule has 0 N–H and O–H groups in total. The van der Waals surface area contributed by atoms with Gasteiger partial charge in [0.2, 0.25) is 0 Å². The van der Waals surface area contributed by atoms with E-state index in [4.69, 9.17) is 4.74 Å². The summed E-state index contributed by atoms with van der Waals surface area (Å²) in [5.74, 6) is 0. The largest absolute Gasteiger partial charge is 0.377 e. The van der Waals surface area contributed by atoms with Crippen LogP contribution in [0.5, 0.6) is 0 Å². The third-order valence-corrected chi connectivity index (χ3v) is 4.15. The van der Waals surface area contributed by atoms with Crippen molar-refractivity contribution in [2.24, 2.45) is 0 Å². The fourth-order valence-corrected chi connectivity index (χ4v) is 2.13. The first-order valence-electron chi connectivity index (χ1n) is 5.70. The molecule has 0 aliphatic carbocycles. The number of nitro benzene ring substituents is 1. The van der Waals surface area contributed by atoms with Crippen LogP contribution in [0.25, 0.3) is 0 Å². The van der Waals surface area contributed by atoms with E-state index in [1.165, 1.54) is 6.07 Å². The summed E-state index contributed by atoms with van der Waals surface area (Å²) in [6.45, 7) is 7.84. The summed E-state index contributed by atoms with van der Waals surface area (Å²) in [7, 11) is -1.09. The van der Waals surface area contributed by atoms with E-state index in [1.54, 1.807) is 18.2 Å². The predicted octanol–water partition coefficient (Wildman–Crippen LogP) is 3.45. The Balaban J connectivity index is 2.49. The summed E-state index contributed by atoms with van der Waals surface area (Å²) in [6, 6.07) is 7.80. The van der Waals surface area contributed by atoms with E-state index in [9.17, 15) is 10.1 Å². The fraction of sp³-hybridized carbons (Fsp3) is 0.500. The van der Waals surface area contributed by atoms with Crippen molar-refractivity contribution >= 4 is 13.8 Å². The summed E-state index contributed by atoms with van der Waals surface area (Å²) in [5, 5.41) is 10.8. The Labute approximate surface area is 103 Å². The molecule has 17 heavy (non-hydrogen) atoms. The average molecular weight is 253 g/mol. The molecule has 0 aliphatic heterocycles. The van der Waals surface area contributed by atoms with E-state index < -0.39 is 8.07 Å². The lowest BCUT2D eigenvalue weighted by molar-refractivity contribution is -0.385. The zero-order chi connectivity index (χ0) is 12.9. The molecule has 0 radical (unpaired) electrons. The second-order valence-electron chi connectivity index (χ2n) is 5.25. The van der Waals surface area contributed by atoms with Gasteiger partial charge >= 0.3 is 0 Å². The normalized spacial score (nSPS) is 11.5. The van der Waals surface area contributed by atoms with Crippen LogP contribution in [0, 0.1) is 10.1 Å². The molecule has 0 aromatic heterocycles. The molecule has 0 aliphatic rings. The topological polar surface area (TPSA) is 52.4 Å². The SMILES string of the molecule is C[Si](C)(C)CCOCc1ccccc1[N+](=O)[O-]. The molecule has 0 unspecified atom stereocenters. The molecular weight excluding hydrogens is 234 g/mol. The summed E-state index contributed by atoms with van der Waals surface area (Å²) in [4.78, 5) is 10.4. The van der Waals surface area contributed by atoms with Crippen molar-refractivity contribution in [1.82, 2.24) is 0 Å². The standard InChI is InChI=1S/C12H19NO3Si/c1-17(2,3)9-8-16-10-11-6-4-5-7-12(11)13(14)15/h4-7H,8-10H2,1-3H3. The number of nitrogens with zero attached hydrogens (tertiary/aromatic N) is 1. The average Bonchev–Trinajstić information content (AvgIpc) is 2.23. The van der Waals surface area contributed by atoms with E-state index in [2.05, 4.69) is 19.6 Å². The van der Waals surface area contributed by atoms with Crippen molar-refractivity contribution in [2.45, 2.75) is 32.3 Å². The van der Waals surface area contributed by atoms with Crippen molar-refractivity contribution in [2.75, 3.05) is 6.61 Å². The van der Waals surface area contributed by atoms with Gasteiger partial charge in [-0.25, -0.2) is 0 Å². The monoisotopic (exact) mass is 253 g/mol. The molecule has 1 aromatic carbocycles. The molecule has 1 aromatic rings. The highest BCUT2D eigenvalue weighted by Crippen LogP contribution is 2.18. The maximum Gasteiger partial charge on any atom is 0.274 e. The first-order chi connectivity index (χ1) is 7.90. The number of ether oxygens (including phenoxy) is 1. The molecule has 5 heteroatoms. The Morgan fingerprint density at radius 3 is 2.53 bits per heavy atom. The van der Waals surface area contributed by atoms with Crippen LogP contribution in [0.15, 0.2) is 24.3 Å². The molecule has 0 saturated carbocycles. The van der Waals surface area contributed by atoms with E-state index >= 15 is 0 Å². The smallest absolute Gasteiger partial charge is 0.274 e. The maximum atomic E-state index is 10.8. The number of rotatable bonds is 6. The van der Waals surface area contributed by atoms with Gasteiger partial charge in [0, 0.05) is 20.7 Å². The molecule has 4 nitrogen and oxygen atoms in total. The maximum absolute atomic E-state index is 10.8. The Hall–Kier alpha value is -1.20. The molecule has 0 saturated heterocycles. The number of para-hydroxylation sites is 1. The van der Waals surface area contributed by atoms with Crippen LogP contribution in [0.2, 0.25) is 25.7 Å². The fourth-order valence-electron chi connectivity index (χ4n) is 1.37. The molecule has 1 rings (SSSR count). The highest BCUT2D eigenvalue weighted by molar-refractivity contribution is 6.76. The Bertz CT molecular complexity index is 388. The number of nitro groups is 1. The minimum Gasteiger partial charge on any atom is -0.377 e. The molecular formula is C12H19NO3Si. The van der Waals surface area contributed by atoms with E-state index in [1.807, 2.05) is 0 Å². The Morgan fingerprint density at radius 2 is 1.94 bits per heavy atom. The molecule has 0 fully saturated rings. The summed E-state index contributed by atoms with van der Waals surface area (Å²) < 4.78 is 5.52. The van der Waals surface area contributed by atoms with Gasteiger partial charge in [0.05, 0.1) is 17.1 Å². The minimum atomic E-state index is -1.09. The van der Waals surface area contributed by atoms with Gasteiger partial charge in [0.15, 0.2) is 0 Å². The van der Waals surface area contributed by atoms with Gasteiger partial charge in [-0.3, -0.25) is 10.1 Å². The van der Waals surface area contributed by atoms with Crippen LogP contribution in [0.3, 0.4) is 0 Å². The van der Waals surface area contributed by atoms with Crippen LogP contribution in [0.1, 0.15) is 5.56 Å². The van der Waals surface area contributed by atoms with Gasteiger partial charge in [-0.05, 0) is 12.1 Å². The highest BCUT2D eigenvalue weighted by atomic mass is 28.3. The van der Waals surface area contributed by atoms with E-state index in [0.717, 1.165) is 6.04 Å². The van der Waals surface area contributed by atoms with Crippen LogP contribution >= 0.6 is 0 Å². The number of hydrogen-bond acceptors (Lipinski definition) is 3. The van der Waals surface area contributed by atoms with Crippen molar-refractivity contribution in [1.29, 1.82) is 0 Å². The Kier molecular flexibility index (Phi) is 4.83. The molecule has 0 atom stereocenters. The molecule has 0 spiro atoms. The number of benzene rings is 1. The molecule has 0 heterocycles. The van der Waals surface area contributed by atoms with E-state index in [-0.39, 0.29) is 10.6 Å². The van der Waals surface area contributed by atoms with E-state index in [0.29, 0.717) is 18.8 Å². The summed E-state index contributed by atoms with van der Waals surface area (Å²) in [5.41, 5.74) is 0.786. The van der Waals surface area contributed by atoms with Crippen LogP contribution in [-0.2, 0) is 11.3 Å². The minimum absolute atomic E-state index is 0.139. The van der Waals surface area contributed by atoms with Crippen molar-refractivity contribution < 1.29 is 9.66 Å². The lowest BCUT2D eigenvalue weighted by Gasteiger charge is -2.15. The molecule has 0 amide bonds. The lowest BCUT2D eigenvalue weighted by Crippen LogP contribution is -2.21. The van der Waals surface area contributed by atoms with Crippen LogP contribution in [0.4, 0.5) is 5.69 Å². The zero-order valence-corrected chi connectivity index (χ0v) is 11.6. The van der Waals surface area contributed by atoms with Gasteiger partial charge in [0.1, 0.15) is 0 Å². The van der Waals surface area contributed by atoms with Crippen molar-refractivity contribution in [3.63, 3.8) is 0 Å². The van der Waals surface area contributed by atoms with Crippen molar-refractivity contribution in [3.05, 3.63) is 39.9 Å². The third kappa shape index (κ3) is 5.10. The van der Waals surface area contributed by atoms with Crippen LogP contribution < -0.4 is 0 Å². The molecule has 0 bridgehead atoms. The van der Waals surface area contributed by atoms with Gasteiger partial charge in [-0.15, -0.1) is 0 Å². The second-order valence-corrected chi connectivity index (χ2v) is 10.9. The number of hydrogen-bond donors (Lipinski definition) is 0. The van der Waals surface area contributed by atoms with Gasteiger partial charge < -0.3 is 4.74 Å². The zero-order valence-electron chi connectivity index (χ0n) is 10.6. The second kappa shape index (κ2) is 5.93. The Morgan fingerprint density at radius 1 is 1.29 bits per heavy atom. The lowest BCUT2D eigenvalue weighted by atomic mass is 10.2. The summed E-state index contributed by atoms with van der Waals surface area (Å²) >= 11 is 0.